The van der Waals surface area contributed by atoms with Gasteiger partial charge in [-0.3, -0.25) is 4.79 Å². The molecule has 5 rings (SSSR count). The predicted molar refractivity (Wildman–Crippen MR) is 132 cm³/mol. The van der Waals surface area contributed by atoms with Gasteiger partial charge in [-0.2, -0.15) is 28.5 Å². The van der Waals surface area contributed by atoms with E-state index in [-0.39, 0.29) is 45.5 Å². The van der Waals surface area contributed by atoms with Crippen LogP contribution in [-0.4, -0.2) is 47.3 Å². The predicted octanol–water partition coefficient (Wildman–Crippen LogP) is 5.17. The Morgan fingerprint density at radius 1 is 1.13 bits per heavy atom. The number of benzene rings is 1. The van der Waals surface area contributed by atoms with E-state index >= 15 is 0 Å². The van der Waals surface area contributed by atoms with Crippen LogP contribution in [0.25, 0.3) is 22.3 Å². The van der Waals surface area contributed by atoms with Crippen LogP contribution in [0.3, 0.4) is 0 Å². The van der Waals surface area contributed by atoms with Gasteiger partial charge in [-0.25, -0.2) is 19.0 Å². The Morgan fingerprint density at radius 3 is 2.59 bits per heavy atom. The van der Waals surface area contributed by atoms with Gasteiger partial charge in [0.05, 0.1) is 64.4 Å². The summed E-state index contributed by atoms with van der Waals surface area (Å²) in [6.07, 6.45) is -0.502. The SMILES string of the molecule is CCOc1ncc(-n2ncc(C(=O)Nc3cnc(-n4ncc(C)n4)c(Cl)c3)c2C(F)(F)F)c2cccc(F)c12. The molecule has 4 heterocycles. The summed E-state index contributed by atoms with van der Waals surface area (Å²) in [4.78, 5) is 22.3. The number of pyridine rings is 2. The molecular weight excluding hydrogens is 544 g/mol. The van der Waals surface area contributed by atoms with Gasteiger partial charge in [-0.1, -0.05) is 23.7 Å². The summed E-state index contributed by atoms with van der Waals surface area (Å²) >= 11 is 6.24. The first-order valence-corrected chi connectivity index (χ1v) is 11.7. The lowest BCUT2D eigenvalue weighted by molar-refractivity contribution is -0.143. The zero-order chi connectivity index (χ0) is 27.9. The van der Waals surface area contributed by atoms with E-state index in [2.05, 4.69) is 30.6 Å². The lowest BCUT2D eigenvalue weighted by Crippen LogP contribution is -2.21. The van der Waals surface area contributed by atoms with Crippen molar-refractivity contribution in [2.24, 2.45) is 0 Å². The van der Waals surface area contributed by atoms with Crippen LogP contribution in [0.2, 0.25) is 5.02 Å². The fraction of sp³-hybridized carbons (Fsp3) is 0.167. The van der Waals surface area contributed by atoms with Gasteiger partial charge in [0.25, 0.3) is 5.91 Å². The number of fused-ring (bicyclic) bond motifs is 1. The van der Waals surface area contributed by atoms with Gasteiger partial charge in [0, 0.05) is 5.39 Å². The van der Waals surface area contributed by atoms with E-state index in [1.54, 1.807) is 13.8 Å². The maximum Gasteiger partial charge on any atom is 0.434 e. The molecule has 1 amide bonds. The molecule has 15 heteroatoms. The van der Waals surface area contributed by atoms with Crippen LogP contribution >= 0.6 is 11.6 Å². The van der Waals surface area contributed by atoms with E-state index in [4.69, 9.17) is 16.3 Å². The maximum atomic E-state index is 14.7. The van der Waals surface area contributed by atoms with Crippen molar-refractivity contribution < 1.29 is 27.1 Å². The number of ether oxygens (including phenoxy) is 1. The third-order valence-corrected chi connectivity index (χ3v) is 5.75. The van der Waals surface area contributed by atoms with Crippen molar-refractivity contribution in [1.29, 1.82) is 0 Å². The summed E-state index contributed by atoms with van der Waals surface area (Å²) in [5.74, 6) is -1.78. The molecule has 0 aliphatic carbocycles. The molecule has 0 atom stereocenters. The third-order valence-electron chi connectivity index (χ3n) is 5.47. The van der Waals surface area contributed by atoms with E-state index in [0.29, 0.717) is 10.4 Å². The van der Waals surface area contributed by atoms with Crippen LogP contribution < -0.4 is 10.1 Å². The van der Waals surface area contributed by atoms with Crippen LogP contribution in [0, 0.1) is 12.7 Å². The first-order chi connectivity index (χ1) is 18.6. The number of rotatable bonds is 6. The molecule has 0 saturated carbocycles. The Hall–Kier alpha value is -4.59. The van der Waals surface area contributed by atoms with Crippen molar-refractivity contribution in [3.05, 3.63) is 76.8 Å². The standard InChI is InChI=1S/C24H17ClF4N8O2/c1-3-39-23-19-14(5-4-6-17(19)26)18(11-31-23)36-20(24(27,28)29)15(10-32-36)22(38)34-13-7-16(25)21(30-9-13)37-33-8-12(2)35-37/h4-11H,3H2,1-2H3,(H,34,38). The maximum absolute atomic E-state index is 14.7. The molecule has 1 N–H and O–H groups in total. The molecule has 0 bridgehead atoms. The van der Waals surface area contributed by atoms with Crippen LogP contribution in [-0.2, 0) is 6.18 Å². The smallest absolute Gasteiger partial charge is 0.434 e. The number of hydrogen-bond acceptors (Lipinski definition) is 7. The van der Waals surface area contributed by atoms with E-state index in [9.17, 15) is 22.4 Å². The van der Waals surface area contributed by atoms with Crippen LogP contribution in [0.1, 0.15) is 28.7 Å². The molecule has 1 aromatic carbocycles. The Morgan fingerprint density at radius 2 is 1.92 bits per heavy atom. The molecule has 0 unspecified atom stereocenters. The first kappa shape index (κ1) is 26.0. The fourth-order valence-corrected chi connectivity index (χ4v) is 4.12. The molecule has 4 aromatic heterocycles. The van der Waals surface area contributed by atoms with Crippen molar-refractivity contribution in [2.45, 2.75) is 20.0 Å². The van der Waals surface area contributed by atoms with Gasteiger partial charge in [0.1, 0.15) is 5.82 Å². The van der Waals surface area contributed by atoms with E-state index in [1.807, 2.05) is 0 Å². The van der Waals surface area contributed by atoms with Crippen molar-refractivity contribution in [3.8, 4) is 17.4 Å². The Kier molecular flexibility index (Phi) is 6.64. The van der Waals surface area contributed by atoms with Crippen LogP contribution in [0.15, 0.2) is 49.1 Å². The van der Waals surface area contributed by atoms with Crippen molar-refractivity contribution in [2.75, 3.05) is 11.9 Å². The molecule has 0 saturated heterocycles. The molecule has 200 valence electrons. The van der Waals surface area contributed by atoms with E-state index in [0.717, 1.165) is 18.5 Å². The minimum atomic E-state index is -5.02. The number of aryl methyl sites for hydroxylation is 1. The largest absolute Gasteiger partial charge is 0.477 e. The monoisotopic (exact) mass is 560 g/mol. The number of aromatic nitrogens is 7. The van der Waals surface area contributed by atoms with Crippen LogP contribution in [0.5, 0.6) is 5.88 Å². The number of alkyl halides is 3. The number of halogens is 5. The second-order valence-corrected chi connectivity index (χ2v) is 8.53. The van der Waals surface area contributed by atoms with Gasteiger partial charge in [0.15, 0.2) is 11.5 Å². The fourth-order valence-electron chi connectivity index (χ4n) is 3.88. The molecule has 0 radical (unpaired) electrons. The number of nitrogens with zero attached hydrogens (tertiary/aromatic N) is 7. The second-order valence-electron chi connectivity index (χ2n) is 8.12. The normalized spacial score (nSPS) is 11.7. The van der Waals surface area contributed by atoms with Gasteiger partial charge in [-0.05, 0) is 26.0 Å². The van der Waals surface area contributed by atoms with Crippen LogP contribution in [0.4, 0.5) is 23.2 Å². The van der Waals surface area contributed by atoms with E-state index in [1.165, 1.54) is 35.4 Å². The topological polar surface area (TPSA) is 113 Å². The highest BCUT2D eigenvalue weighted by Gasteiger charge is 2.41. The summed E-state index contributed by atoms with van der Waals surface area (Å²) in [5, 5.41) is 14.2. The summed E-state index contributed by atoms with van der Waals surface area (Å²) in [5.41, 5.74) is -1.74. The van der Waals surface area contributed by atoms with Crippen molar-refractivity contribution in [3.63, 3.8) is 0 Å². The summed E-state index contributed by atoms with van der Waals surface area (Å²) < 4.78 is 63.4. The molecular formula is C24H17ClF4N8O2. The molecule has 0 aliphatic heterocycles. The Balaban J connectivity index is 1.55. The lowest BCUT2D eigenvalue weighted by atomic mass is 10.1. The van der Waals surface area contributed by atoms with E-state index < -0.39 is 29.2 Å². The molecule has 0 aliphatic rings. The number of carbonyl (C=O) groups is 1. The lowest BCUT2D eigenvalue weighted by Gasteiger charge is -2.15. The Bertz CT molecular complexity index is 1720. The first-order valence-electron chi connectivity index (χ1n) is 11.3. The van der Waals surface area contributed by atoms with Crippen molar-refractivity contribution in [1.82, 2.24) is 34.7 Å². The van der Waals surface area contributed by atoms with Gasteiger partial charge in [-0.15, -0.1) is 4.80 Å². The summed E-state index contributed by atoms with van der Waals surface area (Å²) in [6.45, 7) is 3.54. The summed E-state index contributed by atoms with van der Waals surface area (Å²) in [7, 11) is 0. The zero-order valence-corrected chi connectivity index (χ0v) is 20.9. The quantitative estimate of drug-likeness (QED) is 0.285. The molecule has 39 heavy (non-hydrogen) atoms. The van der Waals surface area contributed by atoms with Gasteiger partial charge < -0.3 is 10.1 Å². The van der Waals surface area contributed by atoms with Crippen molar-refractivity contribution >= 4 is 34.0 Å². The number of hydrogen-bond donors (Lipinski definition) is 1. The molecule has 5 aromatic rings. The average molecular weight is 561 g/mol. The third kappa shape index (κ3) is 4.85. The number of anilines is 1. The minimum Gasteiger partial charge on any atom is -0.477 e. The molecule has 0 spiro atoms. The highest BCUT2D eigenvalue weighted by Crippen LogP contribution is 2.37. The number of carbonyl (C=O) groups excluding carboxylic acids is 1. The Labute approximate surface area is 222 Å². The molecule has 10 nitrogen and oxygen atoms in total. The average Bonchev–Trinajstić information content (AvgIpc) is 3.51. The number of nitrogens with one attached hydrogen (secondary N) is 1. The highest BCUT2D eigenvalue weighted by molar-refractivity contribution is 6.32. The van der Waals surface area contributed by atoms with Gasteiger partial charge in [0.2, 0.25) is 5.88 Å². The highest BCUT2D eigenvalue weighted by atomic mass is 35.5. The second kappa shape index (κ2) is 9.94. The summed E-state index contributed by atoms with van der Waals surface area (Å²) in [6, 6.07) is 5.17. The minimum absolute atomic E-state index is 0.0220. The number of amides is 1. The van der Waals surface area contributed by atoms with Gasteiger partial charge >= 0.3 is 6.18 Å². The zero-order valence-electron chi connectivity index (χ0n) is 20.2. The molecule has 0 fully saturated rings.